The highest BCUT2D eigenvalue weighted by atomic mass is 31.2. The summed E-state index contributed by atoms with van der Waals surface area (Å²) in [6, 6.07) is 0. The van der Waals surface area contributed by atoms with Gasteiger partial charge in [0.1, 0.15) is 19.8 Å². The van der Waals surface area contributed by atoms with Crippen LogP contribution in [0.2, 0.25) is 0 Å². The van der Waals surface area contributed by atoms with E-state index in [1.807, 2.05) is 27.2 Å². The second-order valence-corrected chi connectivity index (χ2v) is 19.6. The predicted molar refractivity (Wildman–Crippen MR) is 279 cm³/mol. The van der Waals surface area contributed by atoms with Crippen LogP contribution in [0.15, 0.2) is 97.2 Å². The zero-order valence-electron chi connectivity index (χ0n) is 42.6. The van der Waals surface area contributed by atoms with E-state index >= 15 is 0 Å². The summed E-state index contributed by atoms with van der Waals surface area (Å²) >= 11 is 0. The van der Waals surface area contributed by atoms with E-state index < -0.39 is 32.5 Å². The van der Waals surface area contributed by atoms with Crippen molar-refractivity contribution in [3.63, 3.8) is 0 Å². The fourth-order valence-electron chi connectivity index (χ4n) is 6.53. The fraction of sp³-hybridized carbons (Fsp3) is 0.679. The molecule has 0 aliphatic rings. The molecule has 0 saturated heterocycles. The van der Waals surface area contributed by atoms with Crippen LogP contribution in [0.25, 0.3) is 0 Å². The zero-order chi connectivity index (χ0) is 48.5. The van der Waals surface area contributed by atoms with Gasteiger partial charge in [-0.05, 0) is 89.9 Å². The lowest BCUT2D eigenvalue weighted by molar-refractivity contribution is -0.870. The average Bonchev–Trinajstić information content (AvgIpc) is 3.27. The number of nitrogens with zero attached hydrogens (tertiary/aromatic N) is 1. The minimum absolute atomic E-state index is 0.00789. The average molecular weight is 943 g/mol. The van der Waals surface area contributed by atoms with Crippen molar-refractivity contribution in [3.05, 3.63) is 97.2 Å². The molecule has 0 radical (unpaired) electrons. The maximum absolute atomic E-state index is 12.7. The molecule has 10 heteroatoms. The molecule has 0 saturated carbocycles. The number of ether oxygens (including phenoxy) is 2. The van der Waals surface area contributed by atoms with Gasteiger partial charge in [-0.2, -0.15) is 0 Å². The van der Waals surface area contributed by atoms with E-state index in [9.17, 15) is 19.0 Å². The first-order valence-corrected chi connectivity index (χ1v) is 27.5. The Morgan fingerprint density at radius 3 is 1.21 bits per heavy atom. The van der Waals surface area contributed by atoms with Crippen LogP contribution >= 0.6 is 7.82 Å². The number of likely N-dealkylation sites (N-methyl/N-ethyl adjacent to an activating group) is 1. The van der Waals surface area contributed by atoms with Crippen molar-refractivity contribution < 1.29 is 42.1 Å². The molecule has 66 heavy (non-hydrogen) atoms. The van der Waals surface area contributed by atoms with Gasteiger partial charge in [-0.15, -0.1) is 0 Å². The molecule has 0 aromatic rings. The van der Waals surface area contributed by atoms with Gasteiger partial charge in [-0.3, -0.25) is 18.6 Å². The van der Waals surface area contributed by atoms with Crippen LogP contribution in [0.1, 0.15) is 194 Å². The highest BCUT2D eigenvalue weighted by molar-refractivity contribution is 7.47. The van der Waals surface area contributed by atoms with Crippen molar-refractivity contribution in [2.24, 2.45) is 0 Å². The fourth-order valence-corrected chi connectivity index (χ4v) is 7.27. The van der Waals surface area contributed by atoms with Crippen molar-refractivity contribution in [1.82, 2.24) is 0 Å². The minimum Gasteiger partial charge on any atom is -0.462 e. The van der Waals surface area contributed by atoms with Crippen LogP contribution in [-0.2, 0) is 32.7 Å². The Balaban J connectivity index is 4.47. The number of phosphoric acid groups is 1. The summed E-state index contributed by atoms with van der Waals surface area (Å²) in [5, 5.41) is 0. The second kappa shape index (κ2) is 47.0. The molecule has 0 amide bonds. The molecule has 0 spiro atoms. The Hall–Kier alpha value is -3.07. The number of carbonyl (C=O) groups is 2. The number of hydrogen-bond acceptors (Lipinski definition) is 7. The summed E-state index contributed by atoms with van der Waals surface area (Å²) in [4.78, 5) is 35.5. The maximum atomic E-state index is 12.7. The molecule has 0 bridgehead atoms. The number of allylic oxidation sites excluding steroid dienone is 16. The Kier molecular flexibility index (Phi) is 44.8. The van der Waals surface area contributed by atoms with Crippen molar-refractivity contribution in [3.8, 4) is 0 Å². The highest BCUT2D eigenvalue weighted by Crippen LogP contribution is 2.43. The molecule has 378 valence electrons. The van der Waals surface area contributed by atoms with Gasteiger partial charge in [-0.25, -0.2) is 4.57 Å². The standard InChI is InChI=1S/C56H96NO8P/c1-6-8-10-12-14-16-18-20-22-24-26-28-30-32-34-36-38-40-42-44-46-48-55(58)62-52-54(53-64-66(60,61)63-51-50-57(3,4)5)65-56(59)49-47-45-43-41-39-37-35-33-31-29-27-25-23-21-19-17-15-13-11-9-7-2/h22-25,28-31,34-37,40-43,54H,6-21,26-27,32-33,38-39,44-53H2,1-5H3/p+1/b24-22+,25-23+,30-28+,31-29+,36-34+,37-35+,42-40+,43-41+/t54-/m1/s1. The lowest BCUT2D eigenvalue weighted by Gasteiger charge is -2.24. The van der Waals surface area contributed by atoms with Crippen LogP contribution in [0, 0.1) is 0 Å². The zero-order valence-corrected chi connectivity index (χ0v) is 43.5. The Morgan fingerprint density at radius 1 is 0.470 bits per heavy atom. The maximum Gasteiger partial charge on any atom is 0.472 e. The van der Waals surface area contributed by atoms with Crippen LogP contribution in [-0.4, -0.2) is 74.9 Å². The van der Waals surface area contributed by atoms with Crippen molar-refractivity contribution in [2.45, 2.75) is 200 Å². The normalized spacial score (nSPS) is 14.2. The molecule has 0 fully saturated rings. The number of hydrogen-bond donors (Lipinski definition) is 1. The van der Waals surface area contributed by atoms with Gasteiger partial charge >= 0.3 is 19.8 Å². The molecule has 0 aromatic heterocycles. The molecule has 0 heterocycles. The van der Waals surface area contributed by atoms with Gasteiger partial charge < -0.3 is 18.9 Å². The molecule has 2 atom stereocenters. The molecule has 0 aliphatic heterocycles. The van der Waals surface area contributed by atoms with E-state index in [2.05, 4.69) is 105 Å². The summed E-state index contributed by atoms with van der Waals surface area (Å²) in [5.41, 5.74) is 0. The van der Waals surface area contributed by atoms with Gasteiger partial charge in [-0.1, -0.05) is 188 Å². The van der Waals surface area contributed by atoms with E-state index in [4.69, 9.17) is 18.5 Å². The number of quaternary nitrogens is 1. The third-order valence-corrected chi connectivity index (χ3v) is 11.6. The molecular formula is C56H97NO8P+. The van der Waals surface area contributed by atoms with Crippen LogP contribution < -0.4 is 0 Å². The summed E-state index contributed by atoms with van der Waals surface area (Å²) in [5.74, 6) is -0.935. The predicted octanol–water partition coefficient (Wildman–Crippen LogP) is 15.7. The summed E-state index contributed by atoms with van der Waals surface area (Å²) in [7, 11) is 1.40. The minimum atomic E-state index is -4.41. The van der Waals surface area contributed by atoms with Crippen LogP contribution in [0.3, 0.4) is 0 Å². The van der Waals surface area contributed by atoms with Crippen molar-refractivity contribution >= 4 is 19.8 Å². The first-order valence-electron chi connectivity index (χ1n) is 26.0. The smallest absolute Gasteiger partial charge is 0.462 e. The van der Waals surface area contributed by atoms with E-state index in [0.29, 0.717) is 30.3 Å². The molecule has 9 nitrogen and oxygen atoms in total. The molecule has 0 rings (SSSR count). The Morgan fingerprint density at radius 2 is 0.818 bits per heavy atom. The van der Waals surface area contributed by atoms with Gasteiger partial charge in [0.25, 0.3) is 0 Å². The number of esters is 2. The Bertz CT molecular complexity index is 1440. The van der Waals surface area contributed by atoms with Crippen molar-refractivity contribution in [2.75, 3.05) is 47.5 Å². The summed E-state index contributed by atoms with van der Waals surface area (Å²) in [6.07, 6.45) is 63.4. The van der Waals surface area contributed by atoms with E-state index in [0.717, 1.165) is 44.9 Å². The van der Waals surface area contributed by atoms with E-state index in [-0.39, 0.29) is 26.1 Å². The molecular weight excluding hydrogens is 846 g/mol. The number of rotatable bonds is 46. The molecule has 1 N–H and O–H groups in total. The lowest BCUT2D eigenvalue weighted by atomic mass is 10.1. The molecule has 1 unspecified atom stereocenters. The summed E-state index contributed by atoms with van der Waals surface area (Å²) in [6.45, 7) is 4.28. The van der Waals surface area contributed by atoms with Gasteiger partial charge in [0.05, 0.1) is 27.7 Å². The molecule has 0 aromatic carbocycles. The number of carbonyl (C=O) groups excluding carboxylic acids is 2. The van der Waals surface area contributed by atoms with E-state index in [1.54, 1.807) is 0 Å². The van der Waals surface area contributed by atoms with Crippen LogP contribution in [0.5, 0.6) is 0 Å². The monoisotopic (exact) mass is 943 g/mol. The summed E-state index contributed by atoms with van der Waals surface area (Å²) < 4.78 is 34.3. The van der Waals surface area contributed by atoms with Crippen LogP contribution in [0.4, 0.5) is 0 Å². The molecule has 0 aliphatic carbocycles. The SMILES string of the molecule is CCCCCCCCC/C=C/C/C=C/C/C=C/C/C=C/CCCC(=O)OC[C@H](COP(=O)(O)OCC[N+](C)(C)C)OC(=O)CCC/C=C/C/C=C/C/C=C/C/C=C/CCCCCCCCC. The first kappa shape index (κ1) is 62.9. The highest BCUT2D eigenvalue weighted by Gasteiger charge is 2.27. The van der Waals surface area contributed by atoms with Gasteiger partial charge in [0.15, 0.2) is 6.10 Å². The van der Waals surface area contributed by atoms with Crippen molar-refractivity contribution in [1.29, 1.82) is 0 Å². The third-order valence-electron chi connectivity index (χ3n) is 10.6. The quantitative estimate of drug-likeness (QED) is 0.0211. The Labute approximate surface area is 404 Å². The van der Waals surface area contributed by atoms with E-state index in [1.165, 1.54) is 103 Å². The lowest BCUT2D eigenvalue weighted by Crippen LogP contribution is -2.37. The van der Waals surface area contributed by atoms with Gasteiger partial charge in [0, 0.05) is 12.8 Å². The number of phosphoric ester groups is 1. The number of unbranched alkanes of at least 4 members (excludes halogenated alkanes) is 16. The largest absolute Gasteiger partial charge is 0.472 e. The van der Waals surface area contributed by atoms with Gasteiger partial charge in [0.2, 0.25) is 0 Å². The first-order chi connectivity index (χ1) is 32.0. The topological polar surface area (TPSA) is 108 Å². The second-order valence-electron chi connectivity index (χ2n) is 18.2. The third kappa shape index (κ3) is 50.3.